The number of hydrogen-bond donors (Lipinski definition) is 4. The molecule has 4 rings (SSSR count). The number of anilines is 1. The van der Waals surface area contributed by atoms with E-state index in [1.165, 1.54) is 24.3 Å². The number of carbonyl (C=O) groups is 2. The Morgan fingerprint density at radius 1 is 0.746 bits per heavy atom. The number of benzene rings is 2. The number of carboxylic acids is 2. The maximum Gasteiger partial charge on any atom is 0.303 e. The summed E-state index contributed by atoms with van der Waals surface area (Å²) in [5, 5.41) is 18.1. The van der Waals surface area contributed by atoms with Crippen LogP contribution in [0.15, 0.2) is 94.4 Å². The van der Waals surface area contributed by atoms with Crippen LogP contribution in [0.3, 0.4) is 0 Å². The molecule has 0 bridgehead atoms. The molecule has 0 fully saturated rings. The molecule has 0 radical (unpaired) electrons. The fourth-order valence-electron chi connectivity index (χ4n) is 7.79. The van der Waals surface area contributed by atoms with Gasteiger partial charge < -0.3 is 19.7 Å². The smallest absolute Gasteiger partial charge is 0.303 e. The van der Waals surface area contributed by atoms with Crippen LogP contribution in [0.4, 0.5) is 11.4 Å². The Balaban J connectivity index is 1.66. The number of hydrogen-bond acceptors (Lipinski definition) is 10. The highest BCUT2D eigenvalue weighted by Gasteiger charge is 2.45. The van der Waals surface area contributed by atoms with Gasteiger partial charge in [0.2, 0.25) is 5.69 Å². The Hall–Kier alpha value is -4.46. The van der Waals surface area contributed by atoms with Gasteiger partial charge in [-0.05, 0) is 94.8 Å². The molecule has 2 aromatic rings. The minimum atomic E-state index is -4.70. The number of fused-ring (bicyclic) bond motifs is 2. The van der Waals surface area contributed by atoms with Crippen LogP contribution >= 0.6 is 0 Å². The van der Waals surface area contributed by atoms with Gasteiger partial charge in [0, 0.05) is 60.3 Å². The van der Waals surface area contributed by atoms with E-state index in [0.29, 0.717) is 74.0 Å². The van der Waals surface area contributed by atoms with Crippen LogP contribution in [-0.4, -0.2) is 90.2 Å². The summed E-state index contributed by atoms with van der Waals surface area (Å²) in [6, 6.07) is 8.52. The van der Waals surface area contributed by atoms with Gasteiger partial charge in [0.15, 0.2) is 5.71 Å². The van der Waals surface area contributed by atoms with Crippen LogP contribution in [0.25, 0.3) is 0 Å². The summed E-state index contributed by atoms with van der Waals surface area (Å²) in [4.78, 5) is 23.3. The van der Waals surface area contributed by atoms with Gasteiger partial charge in [-0.15, -0.1) is 0 Å². The molecule has 0 saturated carbocycles. The molecule has 0 saturated heterocycles. The molecule has 0 aromatic heterocycles. The molecule has 4 N–H and O–H groups in total. The molecule has 0 spiro atoms. The van der Waals surface area contributed by atoms with Gasteiger partial charge in [-0.2, -0.15) is 21.4 Å². The highest BCUT2D eigenvalue weighted by Crippen LogP contribution is 2.51. The molecular formula is C41H52N2O13S3. The van der Waals surface area contributed by atoms with Crippen LogP contribution in [0.2, 0.25) is 0 Å². The topological polar surface area (TPSA) is 247 Å². The van der Waals surface area contributed by atoms with E-state index in [4.69, 9.17) is 10.2 Å². The van der Waals surface area contributed by atoms with Gasteiger partial charge >= 0.3 is 11.9 Å². The van der Waals surface area contributed by atoms with Crippen molar-refractivity contribution < 1.29 is 63.3 Å². The highest BCUT2D eigenvalue weighted by atomic mass is 32.2. The van der Waals surface area contributed by atoms with Gasteiger partial charge in [0.25, 0.3) is 20.2 Å². The van der Waals surface area contributed by atoms with Crippen molar-refractivity contribution in [1.29, 1.82) is 0 Å². The van der Waals surface area contributed by atoms with Crippen LogP contribution in [0.5, 0.6) is 0 Å². The highest BCUT2D eigenvalue weighted by molar-refractivity contribution is 7.86. The van der Waals surface area contributed by atoms with E-state index in [-0.39, 0.29) is 35.6 Å². The van der Waals surface area contributed by atoms with Crippen molar-refractivity contribution in [2.45, 2.75) is 106 Å². The third-order valence-corrected chi connectivity index (χ3v) is 13.2. The normalized spacial score (nSPS) is 18.8. The quantitative estimate of drug-likeness (QED) is 0.0427. The van der Waals surface area contributed by atoms with E-state index in [2.05, 4.69) is 0 Å². The molecule has 322 valence electrons. The SMILES string of the molecule is CC1(C)C(/C=C/C=C/C=C/C=C2\N(CCCS(=O)(=O)O)c3ccc(S(=O)(=O)O)cc3C2(C)CCCCCC(=O)O)=[N+](CCCCCC(=O)O)c2ccc(S(=O)(=O)[O-])cc21. The lowest BCUT2D eigenvalue weighted by Gasteiger charge is -2.30. The first kappa shape index (κ1) is 47.2. The van der Waals surface area contributed by atoms with E-state index in [9.17, 15) is 48.5 Å². The lowest BCUT2D eigenvalue weighted by molar-refractivity contribution is -0.438. The number of allylic oxidation sites excluding steroid dienone is 8. The van der Waals surface area contributed by atoms with Crippen molar-refractivity contribution in [3.63, 3.8) is 0 Å². The molecule has 2 aliphatic rings. The maximum absolute atomic E-state index is 12.2. The van der Waals surface area contributed by atoms with Crippen molar-refractivity contribution >= 4 is 59.4 Å². The zero-order valence-corrected chi connectivity index (χ0v) is 35.7. The van der Waals surface area contributed by atoms with Crippen molar-refractivity contribution in [3.8, 4) is 0 Å². The second kappa shape index (κ2) is 19.3. The predicted octanol–water partition coefficient (Wildman–Crippen LogP) is 6.50. The Morgan fingerprint density at radius 3 is 1.95 bits per heavy atom. The zero-order valence-electron chi connectivity index (χ0n) is 33.3. The maximum atomic E-state index is 12.2. The first-order valence-corrected chi connectivity index (χ1v) is 23.7. The fraction of sp³-hybridized carbons (Fsp3) is 0.439. The van der Waals surface area contributed by atoms with Gasteiger partial charge in [-0.1, -0.05) is 43.2 Å². The second-order valence-electron chi connectivity index (χ2n) is 15.4. The van der Waals surface area contributed by atoms with Crippen LogP contribution < -0.4 is 4.90 Å². The van der Waals surface area contributed by atoms with E-state index >= 15 is 0 Å². The van der Waals surface area contributed by atoms with Crippen molar-refractivity contribution in [2.75, 3.05) is 23.7 Å². The van der Waals surface area contributed by atoms with Crippen molar-refractivity contribution in [3.05, 3.63) is 95.8 Å². The average molecular weight is 877 g/mol. The minimum Gasteiger partial charge on any atom is -0.744 e. The number of rotatable bonds is 22. The monoisotopic (exact) mass is 876 g/mol. The van der Waals surface area contributed by atoms with Crippen LogP contribution in [0, 0.1) is 0 Å². The summed E-state index contributed by atoms with van der Waals surface area (Å²) < 4.78 is 105. The average Bonchev–Trinajstić information content (AvgIpc) is 3.48. The molecule has 2 aromatic carbocycles. The summed E-state index contributed by atoms with van der Waals surface area (Å²) in [6.45, 7) is 6.44. The standard InChI is InChI=1S/C41H52N2O13S3/c1-40(2)32-28-30(58(51,52)53)20-22-34(32)42(25-14-8-12-19-39(46)47)36(40)16-9-5-4-6-10-17-37-41(3,24-13-7-11-18-38(44)45)33-29-31(59(54,55)56)21-23-35(33)43(37)26-15-27-57(48,49)50/h4-6,9-10,16-17,20-23,28-29H,7-8,11-15,18-19,24-27H2,1-3H3,(H4-,44,45,46,47,48,49,50,51,52,53,54,55,56). The largest absolute Gasteiger partial charge is 0.744 e. The minimum absolute atomic E-state index is 0.00280. The van der Waals surface area contributed by atoms with Crippen LogP contribution in [-0.2, 0) is 50.8 Å². The molecule has 0 amide bonds. The second-order valence-corrected chi connectivity index (χ2v) is 19.8. The first-order chi connectivity index (χ1) is 27.5. The third-order valence-electron chi connectivity index (χ3n) is 10.7. The molecule has 1 atom stereocenters. The molecule has 15 nitrogen and oxygen atoms in total. The fourth-order valence-corrected chi connectivity index (χ4v) is 9.29. The van der Waals surface area contributed by atoms with Crippen LogP contribution in [0.1, 0.15) is 96.1 Å². The van der Waals surface area contributed by atoms with E-state index in [0.717, 1.165) is 11.4 Å². The Kier molecular flexibility index (Phi) is 15.4. The Morgan fingerprint density at radius 2 is 1.34 bits per heavy atom. The van der Waals surface area contributed by atoms with Crippen molar-refractivity contribution in [2.24, 2.45) is 0 Å². The van der Waals surface area contributed by atoms with Crippen molar-refractivity contribution in [1.82, 2.24) is 0 Å². The molecule has 0 aliphatic carbocycles. The third kappa shape index (κ3) is 12.3. The molecule has 2 heterocycles. The Bertz CT molecular complexity index is 2410. The number of carboxylic acid groups (broad SMARTS) is 2. The van der Waals surface area contributed by atoms with Gasteiger partial charge in [-0.25, -0.2) is 8.42 Å². The van der Waals surface area contributed by atoms with E-state index in [1.807, 2.05) is 48.5 Å². The Labute approximate surface area is 346 Å². The molecular weight excluding hydrogens is 825 g/mol. The number of unbranched alkanes of at least 4 members (excludes halogenated alkanes) is 4. The van der Waals surface area contributed by atoms with Gasteiger partial charge in [0.05, 0.1) is 21.0 Å². The van der Waals surface area contributed by atoms with E-state index in [1.54, 1.807) is 36.4 Å². The summed E-state index contributed by atoms with van der Waals surface area (Å²) in [5.41, 5.74) is 2.62. The first-order valence-electron chi connectivity index (χ1n) is 19.2. The molecule has 18 heteroatoms. The summed E-state index contributed by atoms with van der Waals surface area (Å²) in [7, 11) is -13.5. The van der Waals surface area contributed by atoms with Gasteiger partial charge in [-0.3, -0.25) is 18.7 Å². The number of nitrogens with zero attached hydrogens (tertiary/aromatic N) is 2. The van der Waals surface area contributed by atoms with E-state index < -0.39 is 58.9 Å². The lowest BCUT2D eigenvalue weighted by atomic mass is 9.77. The van der Waals surface area contributed by atoms with Gasteiger partial charge in [0.1, 0.15) is 16.7 Å². The zero-order chi connectivity index (χ0) is 43.8. The molecule has 59 heavy (non-hydrogen) atoms. The molecule has 1 unspecified atom stereocenters. The predicted molar refractivity (Wildman–Crippen MR) is 222 cm³/mol. The number of aliphatic carboxylic acids is 2. The summed E-state index contributed by atoms with van der Waals surface area (Å²) >= 11 is 0. The summed E-state index contributed by atoms with van der Waals surface area (Å²) in [5.74, 6) is -2.29. The molecule has 2 aliphatic heterocycles. The lowest BCUT2D eigenvalue weighted by Crippen LogP contribution is -2.30. The summed E-state index contributed by atoms with van der Waals surface area (Å²) in [6.07, 6.45) is 16.6.